The molecule has 0 unspecified atom stereocenters. The standard InChI is InChI=1S/C24H45NO/c1-4-5-6-7-8-9-10-11-12-13-14-15-16-17-18-19-20-21-23-25-24(2,3)22-26-23/h9-10H,4-8,11-22H2,1-3H3/b10-9+. The first kappa shape index (κ1) is 23.2. The first-order chi connectivity index (χ1) is 12.6. The van der Waals surface area contributed by atoms with Crippen molar-refractivity contribution < 1.29 is 4.74 Å². The lowest BCUT2D eigenvalue weighted by molar-refractivity contribution is 0.273. The lowest BCUT2D eigenvalue weighted by Crippen LogP contribution is -2.17. The third kappa shape index (κ3) is 13.4. The summed E-state index contributed by atoms with van der Waals surface area (Å²) >= 11 is 0. The van der Waals surface area contributed by atoms with Gasteiger partial charge in [-0.25, -0.2) is 4.99 Å². The lowest BCUT2D eigenvalue weighted by atomic mass is 10.1. The molecular weight excluding hydrogens is 318 g/mol. The molecule has 26 heavy (non-hydrogen) atoms. The summed E-state index contributed by atoms with van der Waals surface area (Å²) in [5, 5.41) is 0. The van der Waals surface area contributed by atoms with Crippen LogP contribution in [0.1, 0.15) is 124 Å². The number of allylic oxidation sites excluding steroid dienone is 2. The van der Waals surface area contributed by atoms with Crippen LogP contribution in [0, 0.1) is 0 Å². The minimum Gasteiger partial charge on any atom is -0.478 e. The van der Waals surface area contributed by atoms with Crippen molar-refractivity contribution in [2.75, 3.05) is 6.61 Å². The predicted octanol–water partition coefficient (Wildman–Crippen LogP) is 8.01. The van der Waals surface area contributed by atoms with Crippen LogP contribution in [-0.2, 0) is 4.74 Å². The van der Waals surface area contributed by atoms with Gasteiger partial charge in [-0.05, 0) is 46.0 Å². The van der Waals surface area contributed by atoms with E-state index in [0.29, 0.717) is 0 Å². The Hall–Kier alpha value is -0.790. The van der Waals surface area contributed by atoms with Gasteiger partial charge in [-0.15, -0.1) is 0 Å². The summed E-state index contributed by atoms with van der Waals surface area (Å²) in [4.78, 5) is 4.62. The summed E-state index contributed by atoms with van der Waals surface area (Å²) in [6.45, 7) is 7.33. The van der Waals surface area contributed by atoms with E-state index in [4.69, 9.17) is 4.74 Å². The first-order valence-corrected chi connectivity index (χ1v) is 11.5. The van der Waals surface area contributed by atoms with Gasteiger partial charge in [-0.2, -0.15) is 0 Å². The van der Waals surface area contributed by atoms with Gasteiger partial charge in [0.05, 0.1) is 5.54 Å². The molecule has 0 fully saturated rings. The monoisotopic (exact) mass is 363 g/mol. The molecule has 152 valence electrons. The van der Waals surface area contributed by atoms with Crippen molar-refractivity contribution in [2.24, 2.45) is 4.99 Å². The SMILES string of the molecule is CCCCCC/C=C/CCCCCCCCCCCC1=NC(C)(C)CO1. The van der Waals surface area contributed by atoms with Crippen molar-refractivity contribution in [3.63, 3.8) is 0 Å². The summed E-state index contributed by atoms with van der Waals surface area (Å²) in [6, 6.07) is 0. The van der Waals surface area contributed by atoms with Crippen LogP contribution < -0.4 is 0 Å². The Labute approximate surface area is 163 Å². The van der Waals surface area contributed by atoms with E-state index in [1.807, 2.05) is 0 Å². The van der Waals surface area contributed by atoms with Gasteiger partial charge in [-0.1, -0.05) is 83.3 Å². The maximum absolute atomic E-state index is 5.64. The van der Waals surface area contributed by atoms with E-state index in [0.717, 1.165) is 18.9 Å². The largest absolute Gasteiger partial charge is 0.478 e. The molecule has 0 spiro atoms. The van der Waals surface area contributed by atoms with Crippen LogP contribution in [0.5, 0.6) is 0 Å². The number of hydrogen-bond acceptors (Lipinski definition) is 2. The van der Waals surface area contributed by atoms with Gasteiger partial charge < -0.3 is 4.74 Å². The minimum absolute atomic E-state index is 0.0136. The molecule has 0 aromatic heterocycles. The van der Waals surface area contributed by atoms with E-state index in [1.54, 1.807) is 0 Å². The first-order valence-electron chi connectivity index (χ1n) is 11.5. The summed E-state index contributed by atoms with van der Waals surface area (Å²) < 4.78 is 5.64. The third-order valence-electron chi connectivity index (χ3n) is 5.17. The predicted molar refractivity (Wildman–Crippen MR) is 116 cm³/mol. The topological polar surface area (TPSA) is 21.6 Å². The van der Waals surface area contributed by atoms with Crippen LogP contribution in [0.2, 0.25) is 0 Å². The Morgan fingerprint density at radius 3 is 1.77 bits per heavy atom. The Kier molecular flexibility index (Phi) is 13.7. The molecule has 0 saturated carbocycles. The van der Waals surface area contributed by atoms with E-state index in [9.17, 15) is 0 Å². The van der Waals surface area contributed by atoms with Crippen LogP contribution in [0.15, 0.2) is 17.1 Å². The van der Waals surface area contributed by atoms with Crippen LogP contribution in [0.25, 0.3) is 0 Å². The van der Waals surface area contributed by atoms with Gasteiger partial charge in [0, 0.05) is 6.42 Å². The smallest absolute Gasteiger partial charge is 0.183 e. The summed E-state index contributed by atoms with van der Waals surface area (Å²) in [6.07, 6.45) is 26.3. The second kappa shape index (κ2) is 15.3. The zero-order chi connectivity index (χ0) is 18.9. The number of hydrogen-bond donors (Lipinski definition) is 0. The lowest BCUT2D eigenvalue weighted by Gasteiger charge is -2.07. The van der Waals surface area contributed by atoms with Gasteiger partial charge in [0.25, 0.3) is 0 Å². The average Bonchev–Trinajstić information content (AvgIpc) is 2.96. The van der Waals surface area contributed by atoms with Crippen LogP contribution >= 0.6 is 0 Å². The zero-order valence-corrected chi connectivity index (χ0v) is 18.0. The van der Waals surface area contributed by atoms with Crippen LogP contribution in [-0.4, -0.2) is 18.0 Å². The average molecular weight is 364 g/mol. The molecular formula is C24H45NO. The molecule has 0 radical (unpaired) electrons. The Bertz CT molecular complexity index is 384. The number of ether oxygens (including phenoxy) is 1. The quantitative estimate of drug-likeness (QED) is 0.189. The molecule has 2 nitrogen and oxygen atoms in total. The highest BCUT2D eigenvalue weighted by molar-refractivity contribution is 5.78. The molecule has 0 bridgehead atoms. The highest BCUT2D eigenvalue weighted by atomic mass is 16.5. The number of unbranched alkanes of at least 4 members (excludes halogenated alkanes) is 13. The van der Waals surface area contributed by atoms with Crippen molar-refractivity contribution in [2.45, 2.75) is 129 Å². The number of aliphatic imine (C=N–C) groups is 1. The van der Waals surface area contributed by atoms with Gasteiger partial charge >= 0.3 is 0 Å². The molecule has 1 aliphatic heterocycles. The van der Waals surface area contributed by atoms with E-state index in [-0.39, 0.29) is 5.54 Å². The van der Waals surface area contributed by atoms with Gasteiger partial charge in [-0.3, -0.25) is 0 Å². The van der Waals surface area contributed by atoms with Crippen molar-refractivity contribution >= 4 is 5.90 Å². The molecule has 0 aromatic rings. The Balaban J connectivity index is 1.75. The Morgan fingerprint density at radius 1 is 0.769 bits per heavy atom. The summed E-state index contributed by atoms with van der Waals surface area (Å²) in [5.41, 5.74) is 0.0136. The summed E-state index contributed by atoms with van der Waals surface area (Å²) in [7, 11) is 0. The fraction of sp³-hybridized carbons (Fsp3) is 0.875. The molecule has 0 aliphatic carbocycles. The molecule has 0 amide bonds. The second-order valence-corrected chi connectivity index (χ2v) is 8.65. The molecule has 0 N–H and O–H groups in total. The molecule has 1 aliphatic rings. The molecule has 1 heterocycles. The maximum Gasteiger partial charge on any atom is 0.183 e. The van der Waals surface area contributed by atoms with E-state index in [1.165, 1.54) is 96.3 Å². The van der Waals surface area contributed by atoms with Gasteiger partial charge in [0.15, 0.2) is 5.90 Å². The van der Waals surface area contributed by atoms with Crippen molar-refractivity contribution in [1.82, 2.24) is 0 Å². The fourth-order valence-corrected chi connectivity index (χ4v) is 3.49. The van der Waals surface area contributed by atoms with E-state index in [2.05, 4.69) is 37.9 Å². The minimum atomic E-state index is 0.0136. The van der Waals surface area contributed by atoms with Crippen molar-refractivity contribution in [3.8, 4) is 0 Å². The van der Waals surface area contributed by atoms with Gasteiger partial charge in [0.1, 0.15) is 6.61 Å². The normalized spacial score (nSPS) is 16.2. The highest BCUT2D eigenvalue weighted by Gasteiger charge is 2.25. The number of nitrogens with zero attached hydrogens (tertiary/aromatic N) is 1. The molecule has 1 rings (SSSR count). The van der Waals surface area contributed by atoms with Gasteiger partial charge in [0.2, 0.25) is 0 Å². The molecule has 2 heteroatoms. The molecule has 0 aromatic carbocycles. The third-order valence-corrected chi connectivity index (χ3v) is 5.17. The molecule has 0 atom stereocenters. The van der Waals surface area contributed by atoms with Crippen LogP contribution in [0.4, 0.5) is 0 Å². The van der Waals surface area contributed by atoms with Crippen LogP contribution in [0.3, 0.4) is 0 Å². The zero-order valence-electron chi connectivity index (χ0n) is 18.0. The second-order valence-electron chi connectivity index (χ2n) is 8.65. The maximum atomic E-state index is 5.64. The van der Waals surface area contributed by atoms with Crippen molar-refractivity contribution in [1.29, 1.82) is 0 Å². The van der Waals surface area contributed by atoms with E-state index < -0.39 is 0 Å². The van der Waals surface area contributed by atoms with Crippen molar-refractivity contribution in [3.05, 3.63) is 12.2 Å². The molecule has 0 saturated heterocycles. The highest BCUT2D eigenvalue weighted by Crippen LogP contribution is 2.20. The summed E-state index contributed by atoms with van der Waals surface area (Å²) in [5.74, 6) is 0.991. The van der Waals surface area contributed by atoms with E-state index >= 15 is 0 Å². The number of rotatable bonds is 17. The fourth-order valence-electron chi connectivity index (χ4n) is 3.49. The Morgan fingerprint density at radius 2 is 1.27 bits per heavy atom.